The summed E-state index contributed by atoms with van der Waals surface area (Å²) in [5, 5.41) is 0. The number of rotatable bonds is 6. The number of ether oxygens (including phenoxy) is 4. The zero-order valence-corrected chi connectivity index (χ0v) is 18.7. The van der Waals surface area contributed by atoms with E-state index in [1.54, 1.807) is 20.8 Å². The molecule has 0 spiro atoms. The molecule has 2 aliphatic heterocycles. The molecule has 2 aliphatic rings. The number of methoxy groups -OCH3 is 1. The molecule has 0 aliphatic carbocycles. The van der Waals surface area contributed by atoms with Crippen LogP contribution in [0.15, 0.2) is 12.1 Å². The Morgan fingerprint density at radius 2 is 2.03 bits per heavy atom. The van der Waals surface area contributed by atoms with Crippen molar-refractivity contribution in [3.05, 3.63) is 23.5 Å². The van der Waals surface area contributed by atoms with Gasteiger partial charge in [0.05, 0.1) is 19.4 Å². The first-order valence-corrected chi connectivity index (χ1v) is 10.8. The Kier molecular flexibility index (Phi) is 7.54. The molecule has 1 saturated heterocycles. The van der Waals surface area contributed by atoms with Crippen molar-refractivity contribution in [2.24, 2.45) is 5.92 Å². The lowest BCUT2D eigenvalue weighted by Gasteiger charge is -2.29. The Balaban J connectivity index is 1.84. The maximum absolute atomic E-state index is 14.3. The lowest BCUT2D eigenvalue weighted by atomic mass is 10.00. The first kappa shape index (κ1) is 23.5. The van der Waals surface area contributed by atoms with Gasteiger partial charge in [-0.15, -0.1) is 0 Å². The van der Waals surface area contributed by atoms with E-state index in [1.807, 2.05) is 0 Å². The Labute approximate surface area is 182 Å². The van der Waals surface area contributed by atoms with Gasteiger partial charge in [0.2, 0.25) is 5.91 Å². The zero-order chi connectivity index (χ0) is 22.6. The summed E-state index contributed by atoms with van der Waals surface area (Å²) in [5.41, 5.74) is 0.465. The number of hydrogen-bond acceptors (Lipinski definition) is 6. The molecule has 1 amide bonds. The van der Waals surface area contributed by atoms with Gasteiger partial charge in [-0.2, -0.15) is 0 Å². The highest BCUT2D eigenvalue weighted by molar-refractivity contribution is 6.07. The SMILES string of the molecule is COc1cc2c(cc1F)CCC(C(=O)OC(C)(C)C)C(=O)N2CCOC1CCCCO1. The largest absolute Gasteiger partial charge is 0.494 e. The number of fused-ring (bicyclic) bond motifs is 1. The molecule has 0 aromatic heterocycles. The average molecular weight is 438 g/mol. The van der Waals surface area contributed by atoms with Crippen molar-refractivity contribution >= 4 is 17.6 Å². The highest BCUT2D eigenvalue weighted by atomic mass is 19.1. The second-order valence-electron chi connectivity index (χ2n) is 8.90. The van der Waals surface area contributed by atoms with Gasteiger partial charge < -0.3 is 23.8 Å². The van der Waals surface area contributed by atoms with Crippen molar-refractivity contribution in [1.82, 2.24) is 0 Å². The summed E-state index contributed by atoms with van der Waals surface area (Å²) >= 11 is 0. The third-order valence-electron chi connectivity index (χ3n) is 5.36. The fraction of sp³-hybridized carbons (Fsp3) is 0.652. The summed E-state index contributed by atoms with van der Waals surface area (Å²) in [7, 11) is 1.38. The van der Waals surface area contributed by atoms with Crippen LogP contribution in [0.3, 0.4) is 0 Å². The minimum absolute atomic E-state index is 0.0452. The summed E-state index contributed by atoms with van der Waals surface area (Å²) in [4.78, 5) is 27.7. The summed E-state index contributed by atoms with van der Waals surface area (Å²) in [6, 6.07) is 2.88. The fourth-order valence-corrected chi connectivity index (χ4v) is 3.86. The van der Waals surface area contributed by atoms with E-state index in [0.29, 0.717) is 24.3 Å². The molecule has 3 rings (SSSR count). The van der Waals surface area contributed by atoms with E-state index in [1.165, 1.54) is 24.1 Å². The molecule has 0 radical (unpaired) electrons. The second kappa shape index (κ2) is 9.96. The smallest absolute Gasteiger partial charge is 0.319 e. The second-order valence-corrected chi connectivity index (χ2v) is 8.90. The molecule has 172 valence electrons. The number of hydrogen-bond donors (Lipinski definition) is 0. The van der Waals surface area contributed by atoms with Gasteiger partial charge in [0.15, 0.2) is 17.9 Å². The molecule has 0 N–H and O–H groups in total. The van der Waals surface area contributed by atoms with Gasteiger partial charge in [-0.1, -0.05) is 0 Å². The van der Waals surface area contributed by atoms with Crippen LogP contribution in [0.25, 0.3) is 0 Å². The molecule has 0 bridgehead atoms. The lowest BCUT2D eigenvalue weighted by Crippen LogP contribution is -2.43. The Bertz CT molecular complexity index is 800. The maximum atomic E-state index is 14.3. The first-order chi connectivity index (χ1) is 14.7. The van der Waals surface area contributed by atoms with Gasteiger partial charge >= 0.3 is 5.97 Å². The fourth-order valence-electron chi connectivity index (χ4n) is 3.86. The van der Waals surface area contributed by atoms with Crippen LogP contribution in [0.4, 0.5) is 10.1 Å². The van der Waals surface area contributed by atoms with Crippen molar-refractivity contribution in [2.75, 3.05) is 31.8 Å². The van der Waals surface area contributed by atoms with Gasteiger partial charge in [0, 0.05) is 19.2 Å². The van der Waals surface area contributed by atoms with Crippen LogP contribution < -0.4 is 9.64 Å². The van der Waals surface area contributed by atoms with E-state index in [2.05, 4.69) is 0 Å². The molecule has 8 heteroatoms. The third-order valence-corrected chi connectivity index (χ3v) is 5.36. The number of halogens is 1. The highest BCUT2D eigenvalue weighted by Gasteiger charge is 2.38. The number of carbonyl (C=O) groups excluding carboxylic acids is 2. The van der Waals surface area contributed by atoms with E-state index in [0.717, 1.165) is 19.3 Å². The quantitative estimate of drug-likeness (QED) is 0.500. The highest BCUT2D eigenvalue weighted by Crippen LogP contribution is 2.35. The van der Waals surface area contributed by atoms with Crippen LogP contribution in [0.2, 0.25) is 0 Å². The molecule has 1 fully saturated rings. The number of nitrogens with zero attached hydrogens (tertiary/aromatic N) is 1. The normalized spacial score (nSPS) is 22.0. The van der Waals surface area contributed by atoms with Crippen LogP contribution in [-0.2, 0) is 30.2 Å². The molecule has 1 aromatic rings. The van der Waals surface area contributed by atoms with E-state index < -0.39 is 23.3 Å². The minimum Gasteiger partial charge on any atom is -0.494 e. The lowest BCUT2D eigenvalue weighted by molar-refractivity contribution is -0.164. The summed E-state index contributed by atoms with van der Waals surface area (Å²) in [5.74, 6) is -2.37. The van der Waals surface area contributed by atoms with Crippen molar-refractivity contribution < 1.29 is 32.9 Å². The number of esters is 1. The van der Waals surface area contributed by atoms with Gasteiger partial charge in [-0.05, 0) is 64.5 Å². The number of aryl methyl sites for hydroxylation is 1. The molecule has 2 unspecified atom stereocenters. The standard InChI is InChI=1S/C23H32FNO6/c1-23(2,3)31-22(27)16-9-8-15-13-17(24)19(28-4)14-18(15)25(21(16)26)10-12-30-20-7-5-6-11-29-20/h13-14,16,20H,5-12H2,1-4H3. The summed E-state index contributed by atoms with van der Waals surface area (Å²) in [6.45, 7) is 6.38. The summed E-state index contributed by atoms with van der Waals surface area (Å²) in [6.07, 6.45) is 3.18. The van der Waals surface area contributed by atoms with Gasteiger partial charge in [-0.25, -0.2) is 4.39 Å². The third kappa shape index (κ3) is 5.95. The van der Waals surface area contributed by atoms with E-state index in [9.17, 15) is 14.0 Å². The van der Waals surface area contributed by atoms with Gasteiger partial charge in [-0.3, -0.25) is 9.59 Å². The molecule has 2 heterocycles. The molecular weight excluding hydrogens is 405 g/mol. The Hall–Kier alpha value is -2.19. The number of carbonyl (C=O) groups is 2. The molecular formula is C23H32FNO6. The van der Waals surface area contributed by atoms with Crippen molar-refractivity contribution in [2.45, 2.75) is 64.8 Å². The van der Waals surface area contributed by atoms with Gasteiger partial charge in [0.25, 0.3) is 0 Å². The van der Waals surface area contributed by atoms with Crippen LogP contribution in [0.5, 0.6) is 5.75 Å². The van der Waals surface area contributed by atoms with Crippen molar-refractivity contribution in [3.63, 3.8) is 0 Å². The predicted molar refractivity (Wildman–Crippen MR) is 113 cm³/mol. The molecule has 1 aromatic carbocycles. The summed E-state index contributed by atoms with van der Waals surface area (Å²) < 4.78 is 36.3. The Morgan fingerprint density at radius 1 is 1.26 bits per heavy atom. The molecule has 31 heavy (non-hydrogen) atoms. The van der Waals surface area contributed by atoms with Crippen LogP contribution >= 0.6 is 0 Å². The van der Waals surface area contributed by atoms with E-state index >= 15 is 0 Å². The first-order valence-electron chi connectivity index (χ1n) is 10.8. The minimum atomic E-state index is -0.966. The van der Waals surface area contributed by atoms with Gasteiger partial charge in [0.1, 0.15) is 11.5 Å². The Morgan fingerprint density at radius 3 is 2.68 bits per heavy atom. The van der Waals surface area contributed by atoms with Crippen molar-refractivity contribution in [1.29, 1.82) is 0 Å². The predicted octanol–water partition coefficient (Wildman–Crippen LogP) is 3.61. The maximum Gasteiger partial charge on any atom is 0.319 e. The number of benzene rings is 1. The van der Waals surface area contributed by atoms with Crippen molar-refractivity contribution in [3.8, 4) is 5.75 Å². The molecule has 7 nitrogen and oxygen atoms in total. The van der Waals surface area contributed by atoms with E-state index in [4.69, 9.17) is 18.9 Å². The average Bonchev–Trinajstić information content (AvgIpc) is 2.83. The van der Waals surface area contributed by atoms with Crippen LogP contribution in [0.1, 0.15) is 52.0 Å². The van der Waals surface area contributed by atoms with E-state index in [-0.39, 0.29) is 37.5 Å². The van der Waals surface area contributed by atoms with Crippen LogP contribution in [0, 0.1) is 11.7 Å². The van der Waals surface area contributed by atoms with Crippen LogP contribution in [-0.4, -0.2) is 50.6 Å². The topological polar surface area (TPSA) is 74.3 Å². The molecule has 2 atom stereocenters. The zero-order valence-electron chi connectivity index (χ0n) is 18.7. The number of amides is 1. The molecule has 0 saturated carbocycles. The number of anilines is 1. The monoisotopic (exact) mass is 437 g/mol.